The van der Waals surface area contributed by atoms with Gasteiger partial charge in [0.2, 0.25) is 0 Å². The molecule has 0 radical (unpaired) electrons. The molecule has 1 unspecified atom stereocenters. The summed E-state index contributed by atoms with van der Waals surface area (Å²) in [4.78, 5) is 22.7. The van der Waals surface area contributed by atoms with Gasteiger partial charge in [0.05, 0.1) is 11.7 Å². The van der Waals surface area contributed by atoms with Crippen LogP contribution >= 0.6 is 0 Å². The summed E-state index contributed by atoms with van der Waals surface area (Å²) in [6, 6.07) is 3.93. The fourth-order valence-corrected chi connectivity index (χ4v) is 1.60. The largest absolute Gasteiger partial charge is 0.416 e. The van der Waals surface area contributed by atoms with Crippen LogP contribution in [0.25, 0.3) is 0 Å². The van der Waals surface area contributed by atoms with E-state index in [4.69, 9.17) is 0 Å². The molecule has 3 N–H and O–H groups in total. The van der Waals surface area contributed by atoms with Crippen molar-refractivity contribution < 1.29 is 27.9 Å². The standard InChI is InChI=1S/C14H17F3N2O3/c1-2-7-18-12(21)13(22)19-8-11(20)9-3-5-10(6-4-9)14(15,16)17/h3-6,11,20H,2,7-8H2,1H3,(H,18,21)(H,19,22). The van der Waals surface area contributed by atoms with Crippen molar-refractivity contribution in [2.24, 2.45) is 0 Å². The lowest BCUT2D eigenvalue weighted by atomic mass is 10.1. The number of benzene rings is 1. The first kappa shape index (κ1) is 18.0. The monoisotopic (exact) mass is 318 g/mol. The Morgan fingerprint density at radius 2 is 1.68 bits per heavy atom. The lowest BCUT2D eigenvalue weighted by molar-refractivity contribution is -0.139. The molecular formula is C14H17F3N2O3. The van der Waals surface area contributed by atoms with Crippen LogP contribution in [-0.2, 0) is 15.8 Å². The molecule has 22 heavy (non-hydrogen) atoms. The second-order valence-electron chi connectivity index (χ2n) is 4.60. The topological polar surface area (TPSA) is 78.4 Å². The Morgan fingerprint density at radius 1 is 1.14 bits per heavy atom. The molecule has 0 saturated carbocycles. The molecule has 8 heteroatoms. The molecule has 0 fully saturated rings. The third-order valence-electron chi connectivity index (χ3n) is 2.82. The number of amides is 2. The first-order chi connectivity index (χ1) is 10.3. The Balaban J connectivity index is 2.53. The molecule has 0 aliphatic carbocycles. The van der Waals surface area contributed by atoms with Gasteiger partial charge in [0.1, 0.15) is 0 Å². The van der Waals surface area contributed by atoms with Gasteiger partial charge in [-0.1, -0.05) is 19.1 Å². The minimum absolute atomic E-state index is 0.210. The number of hydrogen-bond acceptors (Lipinski definition) is 3. The molecule has 0 heterocycles. The quantitative estimate of drug-likeness (QED) is 0.718. The van der Waals surface area contributed by atoms with E-state index >= 15 is 0 Å². The summed E-state index contributed by atoms with van der Waals surface area (Å²) in [6.45, 7) is 1.91. The van der Waals surface area contributed by atoms with Crippen molar-refractivity contribution in [2.45, 2.75) is 25.6 Å². The number of hydrogen-bond donors (Lipinski definition) is 3. The highest BCUT2D eigenvalue weighted by Gasteiger charge is 2.30. The van der Waals surface area contributed by atoms with Gasteiger partial charge in [0, 0.05) is 13.1 Å². The molecule has 0 saturated heterocycles. The van der Waals surface area contributed by atoms with Gasteiger partial charge < -0.3 is 15.7 Å². The van der Waals surface area contributed by atoms with Crippen LogP contribution in [0.15, 0.2) is 24.3 Å². The summed E-state index contributed by atoms with van der Waals surface area (Å²) in [5.41, 5.74) is -0.617. The second kappa shape index (κ2) is 7.79. The van der Waals surface area contributed by atoms with Gasteiger partial charge in [-0.15, -0.1) is 0 Å². The first-order valence-electron chi connectivity index (χ1n) is 6.67. The van der Waals surface area contributed by atoms with Crippen LogP contribution in [0.2, 0.25) is 0 Å². The maximum absolute atomic E-state index is 12.4. The molecule has 1 aromatic rings. The molecular weight excluding hydrogens is 301 g/mol. The second-order valence-corrected chi connectivity index (χ2v) is 4.60. The van der Waals surface area contributed by atoms with E-state index in [1.54, 1.807) is 0 Å². The van der Waals surface area contributed by atoms with Crippen molar-refractivity contribution in [1.82, 2.24) is 10.6 Å². The number of carbonyl (C=O) groups is 2. The zero-order chi connectivity index (χ0) is 16.8. The Hall–Kier alpha value is -2.09. The van der Waals surface area contributed by atoms with Gasteiger partial charge in [-0.25, -0.2) is 0 Å². The molecule has 1 rings (SSSR count). The lowest BCUT2D eigenvalue weighted by Gasteiger charge is -2.13. The summed E-state index contributed by atoms with van der Waals surface area (Å²) in [5.74, 6) is -1.72. The van der Waals surface area contributed by atoms with Gasteiger partial charge in [-0.05, 0) is 24.1 Å². The Morgan fingerprint density at radius 3 is 2.18 bits per heavy atom. The van der Waals surface area contributed by atoms with Gasteiger partial charge in [0.25, 0.3) is 0 Å². The number of aliphatic hydroxyl groups is 1. The SMILES string of the molecule is CCCNC(=O)C(=O)NCC(O)c1ccc(C(F)(F)F)cc1. The lowest BCUT2D eigenvalue weighted by Crippen LogP contribution is -2.41. The third kappa shape index (κ3) is 5.36. The zero-order valence-corrected chi connectivity index (χ0v) is 11.9. The number of rotatable bonds is 5. The van der Waals surface area contributed by atoms with E-state index in [1.807, 2.05) is 6.92 Å². The zero-order valence-electron chi connectivity index (χ0n) is 11.9. The number of aliphatic hydroxyl groups excluding tert-OH is 1. The van der Waals surface area contributed by atoms with Gasteiger partial charge in [0.15, 0.2) is 0 Å². The Labute approximate surface area is 125 Å². The molecule has 2 amide bonds. The minimum Gasteiger partial charge on any atom is -0.387 e. The summed E-state index contributed by atoms with van der Waals surface area (Å²) in [7, 11) is 0. The van der Waals surface area contributed by atoms with E-state index in [2.05, 4.69) is 10.6 Å². The molecule has 0 aromatic heterocycles. The normalized spacial score (nSPS) is 12.6. The van der Waals surface area contributed by atoms with E-state index in [1.165, 1.54) is 0 Å². The van der Waals surface area contributed by atoms with Crippen molar-refractivity contribution in [3.63, 3.8) is 0 Å². The maximum Gasteiger partial charge on any atom is 0.416 e. The first-order valence-corrected chi connectivity index (χ1v) is 6.67. The third-order valence-corrected chi connectivity index (χ3v) is 2.82. The summed E-state index contributed by atoms with van der Waals surface area (Å²) >= 11 is 0. The highest BCUT2D eigenvalue weighted by atomic mass is 19.4. The molecule has 5 nitrogen and oxygen atoms in total. The van der Waals surface area contributed by atoms with Gasteiger partial charge >= 0.3 is 18.0 Å². The van der Waals surface area contributed by atoms with E-state index in [-0.39, 0.29) is 12.1 Å². The Kier molecular flexibility index (Phi) is 6.36. The van der Waals surface area contributed by atoms with Crippen molar-refractivity contribution in [1.29, 1.82) is 0 Å². The fourth-order valence-electron chi connectivity index (χ4n) is 1.60. The smallest absolute Gasteiger partial charge is 0.387 e. The van der Waals surface area contributed by atoms with Crippen LogP contribution in [0, 0.1) is 0 Å². The molecule has 122 valence electrons. The number of carbonyl (C=O) groups excluding carboxylic acids is 2. The molecule has 1 atom stereocenters. The Bertz CT molecular complexity index is 515. The molecule has 1 aromatic carbocycles. The molecule has 0 aliphatic heterocycles. The number of nitrogens with one attached hydrogen (secondary N) is 2. The fraction of sp³-hybridized carbons (Fsp3) is 0.429. The van der Waals surface area contributed by atoms with Crippen molar-refractivity contribution >= 4 is 11.8 Å². The predicted octanol–water partition coefficient (Wildman–Crippen LogP) is 1.38. The van der Waals surface area contributed by atoms with Crippen LogP contribution < -0.4 is 10.6 Å². The summed E-state index contributed by atoms with van der Waals surface area (Å²) in [5, 5.41) is 14.4. The van der Waals surface area contributed by atoms with Crippen molar-refractivity contribution in [3.05, 3.63) is 35.4 Å². The average molecular weight is 318 g/mol. The van der Waals surface area contributed by atoms with E-state index < -0.39 is 29.7 Å². The van der Waals surface area contributed by atoms with Crippen LogP contribution in [0.4, 0.5) is 13.2 Å². The van der Waals surface area contributed by atoms with Crippen LogP contribution in [0.3, 0.4) is 0 Å². The van der Waals surface area contributed by atoms with Crippen LogP contribution in [0.5, 0.6) is 0 Å². The van der Waals surface area contributed by atoms with Gasteiger partial charge in [-0.3, -0.25) is 9.59 Å². The summed E-state index contributed by atoms with van der Waals surface area (Å²) in [6.07, 6.45) is -4.98. The maximum atomic E-state index is 12.4. The van der Waals surface area contributed by atoms with Crippen LogP contribution in [0.1, 0.15) is 30.6 Å². The van der Waals surface area contributed by atoms with E-state index in [0.29, 0.717) is 13.0 Å². The van der Waals surface area contributed by atoms with E-state index in [9.17, 15) is 27.9 Å². The molecule has 0 spiro atoms. The van der Waals surface area contributed by atoms with Crippen molar-refractivity contribution in [3.8, 4) is 0 Å². The highest BCUT2D eigenvalue weighted by Crippen LogP contribution is 2.29. The van der Waals surface area contributed by atoms with E-state index in [0.717, 1.165) is 24.3 Å². The predicted molar refractivity (Wildman–Crippen MR) is 72.7 cm³/mol. The van der Waals surface area contributed by atoms with Crippen LogP contribution in [-0.4, -0.2) is 30.0 Å². The molecule has 0 bridgehead atoms. The molecule has 0 aliphatic rings. The van der Waals surface area contributed by atoms with Crippen molar-refractivity contribution in [2.75, 3.05) is 13.1 Å². The minimum atomic E-state index is -4.45. The average Bonchev–Trinajstić information content (AvgIpc) is 2.49. The summed E-state index contributed by atoms with van der Waals surface area (Å²) < 4.78 is 37.2. The number of halogens is 3. The van der Waals surface area contributed by atoms with Gasteiger partial charge in [-0.2, -0.15) is 13.2 Å². The highest BCUT2D eigenvalue weighted by molar-refractivity contribution is 6.35. The number of alkyl halides is 3.